The Morgan fingerprint density at radius 1 is 1.18 bits per heavy atom. The lowest BCUT2D eigenvalue weighted by Gasteiger charge is -2.26. The smallest absolute Gasteiger partial charge is 0.148 e. The third kappa shape index (κ3) is 4.45. The van der Waals surface area contributed by atoms with Gasteiger partial charge in [0.1, 0.15) is 11.6 Å². The Morgan fingerprint density at radius 2 is 1.89 bits per heavy atom. The van der Waals surface area contributed by atoms with Crippen molar-refractivity contribution >= 4 is 17.4 Å². The van der Waals surface area contributed by atoms with Crippen molar-refractivity contribution in [3.63, 3.8) is 0 Å². The van der Waals surface area contributed by atoms with E-state index in [1.54, 1.807) is 0 Å². The molecule has 2 heterocycles. The van der Waals surface area contributed by atoms with Gasteiger partial charge in [0.15, 0.2) is 0 Å². The molecule has 2 N–H and O–H groups in total. The van der Waals surface area contributed by atoms with Gasteiger partial charge in [0.25, 0.3) is 0 Å². The lowest BCUT2D eigenvalue weighted by Crippen LogP contribution is -2.38. The van der Waals surface area contributed by atoms with E-state index < -0.39 is 5.60 Å². The van der Waals surface area contributed by atoms with E-state index in [-0.39, 0.29) is 5.82 Å². The van der Waals surface area contributed by atoms with Crippen molar-refractivity contribution in [3.8, 4) is 11.3 Å². The minimum absolute atomic E-state index is 0.348. The monoisotopic (exact) mass is 404 g/mol. The Balaban J connectivity index is 1.35. The van der Waals surface area contributed by atoms with Gasteiger partial charge in [0.05, 0.1) is 16.3 Å². The maximum atomic E-state index is 13.5. The van der Waals surface area contributed by atoms with Gasteiger partial charge >= 0.3 is 0 Å². The Morgan fingerprint density at radius 3 is 2.50 bits per heavy atom. The zero-order valence-corrected chi connectivity index (χ0v) is 17.0. The largest absolute Gasteiger partial charge is 0.389 e. The van der Waals surface area contributed by atoms with E-state index in [0.29, 0.717) is 34.2 Å². The molecule has 28 heavy (non-hydrogen) atoms. The molecule has 0 bridgehead atoms. The lowest BCUT2D eigenvalue weighted by atomic mass is 10.0. The standard InChI is InChI=1S/C21H26ClFN4O/c1-21(2,28)12-27-10-13-7-16(8-14(13)11-27)24-20-6-5-19(25-26-20)17-9-15(23)3-4-18(17)22/h3-6,9,13-14,16,28H,7-8,10-12H2,1-2H3,(H,24,26)/t13-,14+,16?. The van der Waals surface area contributed by atoms with Crippen molar-refractivity contribution in [1.29, 1.82) is 0 Å². The normalized spacial score (nSPS) is 25.1. The van der Waals surface area contributed by atoms with Gasteiger partial charge < -0.3 is 10.4 Å². The second-order valence-corrected chi connectivity index (χ2v) is 9.17. The number of aromatic nitrogens is 2. The average Bonchev–Trinajstić information content (AvgIpc) is 3.14. The highest BCUT2D eigenvalue weighted by Crippen LogP contribution is 2.39. The first-order valence-electron chi connectivity index (χ1n) is 9.77. The highest BCUT2D eigenvalue weighted by molar-refractivity contribution is 6.33. The van der Waals surface area contributed by atoms with Gasteiger partial charge in [-0.3, -0.25) is 4.90 Å². The van der Waals surface area contributed by atoms with Crippen molar-refractivity contribution in [2.75, 3.05) is 25.0 Å². The van der Waals surface area contributed by atoms with Crippen LogP contribution in [0.2, 0.25) is 5.02 Å². The summed E-state index contributed by atoms with van der Waals surface area (Å²) in [7, 11) is 0. The molecule has 2 aromatic rings. The fourth-order valence-electron chi connectivity index (χ4n) is 4.65. The van der Waals surface area contributed by atoms with Crippen molar-refractivity contribution in [3.05, 3.63) is 41.2 Å². The Kier molecular flexibility index (Phi) is 5.29. The van der Waals surface area contributed by atoms with Crippen molar-refractivity contribution in [2.24, 2.45) is 11.8 Å². The zero-order chi connectivity index (χ0) is 19.9. The summed E-state index contributed by atoms with van der Waals surface area (Å²) in [4.78, 5) is 2.38. The molecule has 150 valence electrons. The highest BCUT2D eigenvalue weighted by Gasteiger charge is 2.41. The number of nitrogens with zero attached hydrogens (tertiary/aromatic N) is 3. The second-order valence-electron chi connectivity index (χ2n) is 8.77. The van der Waals surface area contributed by atoms with E-state index in [1.807, 2.05) is 26.0 Å². The molecule has 1 saturated heterocycles. The van der Waals surface area contributed by atoms with Crippen molar-refractivity contribution in [1.82, 2.24) is 15.1 Å². The van der Waals surface area contributed by atoms with E-state index >= 15 is 0 Å². The van der Waals surface area contributed by atoms with E-state index in [4.69, 9.17) is 11.6 Å². The van der Waals surface area contributed by atoms with Gasteiger partial charge in [-0.15, -0.1) is 10.2 Å². The second kappa shape index (κ2) is 7.58. The molecule has 2 aliphatic rings. The Bertz CT molecular complexity index is 825. The van der Waals surface area contributed by atoms with Gasteiger partial charge in [-0.2, -0.15) is 0 Å². The van der Waals surface area contributed by atoms with Crippen LogP contribution in [-0.4, -0.2) is 51.5 Å². The van der Waals surface area contributed by atoms with Gasteiger partial charge in [-0.25, -0.2) is 4.39 Å². The molecule has 1 aromatic heterocycles. The van der Waals surface area contributed by atoms with Crippen LogP contribution in [0, 0.1) is 17.7 Å². The number of β-amino-alcohol motifs (C(OH)–C–C–N with tert-alkyl or cyclic N) is 1. The summed E-state index contributed by atoms with van der Waals surface area (Å²) in [6.45, 7) is 6.56. The van der Waals surface area contributed by atoms with Crippen LogP contribution >= 0.6 is 11.6 Å². The van der Waals surface area contributed by atoms with Crippen LogP contribution in [-0.2, 0) is 0 Å². The number of benzene rings is 1. The van der Waals surface area contributed by atoms with Crippen molar-refractivity contribution < 1.29 is 9.50 Å². The predicted molar refractivity (Wildman–Crippen MR) is 109 cm³/mol. The topological polar surface area (TPSA) is 61.3 Å². The SMILES string of the molecule is CC(C)(O)CN1C[C@H]2CC(Nc3ccc(-c4cc(F)ccc4Cl)nn3)C[C@H]2C1. The zero-order valence-electron chi connectivity index (χ0n) is 16.2. The van der Waals surface area contributed by atoms with E-state index in [1.165, 1.54) is 18.2 Å². The van der Waals surface area contributed by atoms with Crippen LogP contribution in [0.5, 0.6) is 0 Å². The summed E-state index contributed by atoms with van der Waals surface area (Å²) in [5.41, 5.74) is 0.460. The summed E-state index contributed by atoms with van der Waals surface area (Å²) in [6, 6.07) is 8.30. The third-order valence-corrected chi connectivity index (χ3v) is 5.99. The molecule has 3 atom stereocenters. The maximum absolute atomic E-state index is 13.5. The molecule has 1 aliphatic carbocycles. The number of rotatable bonds is 5. The first-order valence-corrected chi connectivity index (χ1v) is 10.1. The van der Waals surface area contributed by atoms with Crippen LogP contribution in [0.25, 0.3) is 11.3 Å². The number of nitrogens with one attached hydrogen (secondary N) is 1. The molecule has 0 radical (unpaired) electrons. The fraction of sp³-hybridized carbons (Fsp3) is 0.524. The van der Waals surface area contributed by atoms with Crippen LogP contribution < -0.4 is 5.32 Å². The Hall–Kier alpha value is -1.76. The third-order valence-electron chi connectivity index (χ3n) is 5.66. The first-order chi connectivity index (χ1) is 13.3. The molecule has 1 saturated carbocycles. The molecule has 0 spiro atoms. The molecule has 7 heteroatoms. The fourth-order valence-corrected chi connectivity index (χ4v) is 4.86. The number of aliphatic hydroxyl groups is 1. The number of hydrogen-bond acceptors (Lipinski definition) is 5. The van der Waals surface area contributed by atoms with E-state index in [2.05, 4.69) is 20.4 Å². The van der Waals surface area contributed by atoms with Gasteiger partial charge in [-0.1, -0.05) is 11.6 Å². The minimum Gasteiger partial charge on any atom is -0.389 e. The molecule has 1 unspecified atom stereocenters. The summed E-state index contributed by atoms with van der Waals surface area (Å²) in [5, 5.41) is 22.4. The molecule has 2 fully saturated rings. The Labute approximate surface area is 169 Å². The molecule has 1 aliphatic heterocycles. The molecule has 0 amide bonds. The first kappa shape index (κ1) is 19.6. The van der Waals surface area contributed by atoms with Crippen molar-refractivity contribution in [2.45, 2.75) is 38.3 Å². The number of hydrogen-bond donors (Lipinski definition) is 2. The summed E-state index contributed by atoms with van der Waals surface area (Å²) in [6.07, 6.45) is 2.21. The molecular formula is C21H26ClFN4O. The number of fused-ring (bicyclic) bond motifs is 1. The highest BCUT2D eigenvalue weighted by atomic mass is 35.5. The molecule has 4 rings (SSSR count). The van der Waals surface area contributed by atoms with E-state index in [0.717, 1.165) is 38.3 Å². The number of likely N-dealkylation sites (tertiary alicyclic amines) is 1. The minimum atomic E-state index is -0.641. The summed E-state index contributed by atoms with van der Waals surface area (Å²) < 4.78 is 13.5. The summed E-state index contributed by atoms with van der Waals surface area (Å²) >= 11 is 6.14. The van der Waals surface area contributed by atoms with Crippen LogP contribution in [0.1, 0.15) is 26.7 Å². The number of anilines is 1. The van der Waals surface area contributed by atoms with E-state index in [9.17, 15) is 9.50 Å². The van der Waals surface area contributed by atoms with Gasteiger partial charge in [-0.05, 0) is 68.9 Å². The molecule has 1 aromatic carbocycles. The van der Waals surface area contributed by atoms with Crippen LogP contribution in [0.4, 0.5) is 10.2 Å². The van der Waals surface area contributed by atoms with Gasteiger partial charge in [0.2, 0.25) is 0 Å². The predicted octanol–water partition coefficient (Wildman–Crippen LogP) is 3.83. The van der Waals surface area contributed by atoms with Crippen LogP contribution in [0.3, 0.4) is 0 Å². The average molecular weight is 405 g/mol. The maximum Gasteiger partial charge on any atom is 0.148 e. The number of halogens is 2. The van der Waals surface area contributed by atoms with Gasteiger partial charge in [0, 0.05) is 31.2 Å². The van der Waals surface area contributed by atoms with Crippen LogP contribution in [0.15, 0.2) is 30.3 Å². The summed E-state index contributed by atoms with van der Waals surface area (Å²) in [5.74, 6) is 1.71. The quantitative estimate of drug-likeness (QED) is 0.793. The lowest BCUT2D eigenvalue weighted by molar-refractivity contribution is 0.0414. The molecule has 5 nitrogen and oxygen atoms in total. The molecular weight excluding hydrogens is 379 g/mol.